The van der Waals surface area contributed by atoms with E-state index < -0.39 is 22.0 Å². The van der Waals surface area contributed by atoms with Crippen molar-refractivity contribution in [3.8, 4) is 17.2 Å². The summed E-state index contributed by atoms with van der Waals surface area (Å²) in [4.78, 5) is 12.3. The van der Waals surface area contributed by atoms with Crippen LogP contribution in [0, 0.1) is 0 Å². The van der Waals surface area contributed by atoms with Crippen LogP contribution in [0.15, 0.2) is 47.4 Å². The molecule has 0 spiro atoms. The van der Waals surface area contributed by atoms with Crippen molar-refractivity contribution in [3.63, 3.8) is 0 Å². The number of carbonyl (C=O) groups is 1. The number of rotatable bonds is 8. The first-order valence-electron chi connectivity index (χ1n) is 8.80. The van der Waals surface area contributed by atoms with E-state index >= 15 is 0 Å². The number of nitrogens with one attached hydrogen (secondary N) is 2. The number of hydrogen-bond acceptors (Lipinski definition) is 6. The van der Waals surface area contributed by atoms with Gasteiger partial charge in [0.25, 0.3) is 0 Å². The summed E-state index contributed by atoms with van der Waals surface area (Å²) >= 11 is 0. The van der Waals surface area contributed by atoms with Gasteiger partial charge in [0, 0.05) is 6.54 Å². The third-order valence-corrected chi connectivity index (χ3v) is 5.63. The van der Waals surface area contributed by atoms with Gasteiger partial charge in [0.05, 0.1) is 17.5 Å². The minimum atomic E-state index is -3.83. The molecule has 0 aliphatic carbocycles. The molecule has 1 aliphatic heterocycles. The van der Waals surface area contributed by atoms with Gasteiger partial charge < -0.3 is 19.5 Å². The zero-order valence-electron chi connectivity index (χ0n) is 15.6. The van der Waals surface area contributed by atoms with Gasteiger partial charge in [-0.3, -0.25) is 4.79 Å². The van der Waals surface area contributed by atoms with Crippen molar-refractivity contribution >= 4 is 15.9 Å². The molecule has 0 saturated carbocycles. The molecule has 1 atom stereocenters. The summed E-state index contributed by atoms with van der Waals surface area (Å²) in [6, 6.07) is 10.4. The fraction of sp³-hybridized carbons (Fsp3) is 0.316. The van der Waals surface area contributed by atoms with Crippen molar-refractivity contribution in [2.45, 2.75) is 31.3 Å². The van der Waals surface area contributed by atoms with Crippen molar-refractivity contribution in [1.29, 1.82) is 0 Å². The van der Waals surface area contributed by atoms with Crippen molar-refractivity contribution in [2.75, 3.05) is 13.4 Å². The van der Waals surface area contributed by atoms with Crippen LogP contribution in [-0.4, -0.2) is 33.8 Å². The van der Waals surface area contributed by atoms with E-state index in [1.807, 2.05) is 13.0 Å². The number of hydrogen-bond donors (Lipinski definition) is 2. The maximum absolute atomic E-state index is 12.5. The Morgan fingerprint density at radius 2 is 1.86 bits per heavy atom. The van der Waals surface area contributed by atoms with E-state index in [0.717, 1.165) is 5.56 Å². The highest BCUT2D eigenvalue weighted by Crippen LogP contribution is 2.32. The Morgan fingerprint density at radius 3 is 2.57 bits per heavy atom. The molecule has 2 aromatic rings. The largest absolute Gasteiger partial charge is 0.494 e. The average Bonchev–Trinajstić information content (AvgIpc) is 3.14. The van der Waals surface area contributed by atoms with Crippen molar-refractivity contribution in [1.82, 2.24) is 10.0 Å². The number of amides is 1. The molecular weight excluding hydrogens is 384 g/mol. The van der Waals surface area contributed by atoms with Crippen LogP contribution in [0.5, 0.6) is 17.2 Å². The van der Waals surface area contributed by atoms with Crippen LogP contribution in [0.2, 0.25) is 0 Å². The molecule has 1 aliphatic rings. The summed E-state index contributed by atoms with van der Waals surface area (Å²) in [7, 11) is -3.83. The number of ether oxygens (including phenoxy) is 3. The first-order chi connectivity index (χ1) is 13.4. The summed E-state index contributed by atoms with van der Waals surface area (Å²) in [5, 5.41) is 2.71. The lowest BCUT2D eigenvalue weighted by Crippen LogP contribution is -2.44. The molecule has 0 radical (unpaired) electrons. The van der Waals surface area contributed by atoms with Gasteiger partial charge in [0.2, 0.25) is 22.7 Å². The molecule has 3 rings (SSSR count). The summed E-state index contributed by atoms with van der Waals surface area (Å²) in [5.41, 5.74) is 0.819. The van der Waals surface area contributed by atoms with Gasteiger partial charge in [0.1, 0.15) is 5.75 Å². The van der Waals surface area contributed by atoms with Gasteiger partial charge in [-0.15, -0.1) is 0 Å². The molecule has 0 aromatic heterocycles. The minimum absolute atomic E-state index is 0.0615. The van der Waals surface area contributed by atoms with Crippen LogP contribution >= 0.6 is 0 Å². The first-order valence-corrected chi connectivity index (χ1v) is 10.3. The Hall–Kier alpha value is -2.78. The molecule has 150 valence electrons. The maximum atomic E-state index is 12.5. The smallest absolute Gasteiger partial charge is 0.241 e. The van der Waals surface area contributed by atoms with Crippen LogP contribution in [-0.2, 0) is 21.4 Å². The Labute approximate surface area is 163 Å². The van der Waals surface area contributed by atoms with Crippen LogP contribution in [0.1, 0.15) is 19.4 Å². The van der Waals surface area contributed by atoms with Gasteiger partial charge in [-0.2, -0.15) is 4.72 Å². The van der Waals surface area contributed by atoms with E-state index in [9.17, 15) is 13.2 Å². The van der Waals surface area contributed by atoms with E-state index in [4.69, 9.17) is 14.2 Å². The highest BCUT2D eigenvalue weighted by atomic mass is 32.2. The van der Waals surface area contributed by atoms with Gasteiger partial charge in [0.15, 0.2) is 11.5 Å². The number of fused-ring (bicyclic) bond motifs is 1. The Kier molecular flexibility index (Phi) is 6.05. The molecule has 0 fully saturated rings. The lowest BCUT2D eigenvalue weighted by molar-refractivity contribution is -0.122. The summed E-state index contributed by atoms with van der Waals surface area (Å²) in [6.07, 6.45) is 0. The second-order valence-electron chi connectivity index (χ2n) is 6.15. The third-order valence-electron chi connectivity index (χ3n) is 4.07. The van der Waals surface area contributed by atoms with Crippen molar-refractivity contribution in [2.24, 2.45) is 0 Å². The van der Waals surface area contributed by atoms with E-state index in [1.54, 1.807) is 24.3 Å². The van der Waals surface area contributed by atoms with Crippen LogP contribution in [0.25, 0.3) is 0 Å². The van der Waals surface area contributed by atoms with E-state index in [-0.39, 0.29) is 18.2 Å². The molecule has 28 heavy (non-hydrogen) atoms. The molecule has 0 unspecified atom stereocenters. The van der Waals surface area contributed by atoms with E-state index in [0.29, 0.717) is 23.9 Å². The second-order valence-corrected chi connectivity index (χ2v) is 7.87. The lowest BCUT2D eigenvalue weighted by atomic mass is 10.2. The molecule has 1 heterocycles. The van der Waals surface area contributed by atoms with Gasteiger partial charge in [-0.25, -0.2) is 8.42 Å². The van der Waals surface area contributed by atoms with Crippen LogP contribution in [0.4, 0.5) is 0 Å². The maximum Gasteiger partial charge on any atom is 0.241 e. The third kappa shape index (κ3) is 4.73. The predicted molar refractivity (Wildman–Crippen MR) is 102 cm³/mol. The summed E-state index contributed by atoms with van der Waals surface area (Å²) in [6.45, 7) is 4.24. The Bertz CT molecular complexity index is 943. The molecule has 2 N–H and O–H groups in total. The molecule has 0 saturated heterocycles. The number of benzene rings is 2. The number of sulfonamides is 1. The van der Waals surface area contributed by atoms with Crippen LogP contribution < -0.4 is 24.2 Å². The highest BCUT2D eigenvalue weighted by Gasteiger charge is 2.22. The average molecular weight is 406 g/mol. The topological polar surface area (TPSA) is 103 Å². The molecule has 9 heteroatoms. The number of carbonyl (C=O) groups excluding carboxylic acids is 1. The normalized spacial score (nSPS) is 13.8. The minimum Gasteiger partial charge on any atom is -0.494 e. The zero-order chi connectivity index (χ0) is 20.1. The SMILES string of the molecule is CCOc1ccc(S(=O)(=O)N[C@@H](C)C(=O)NCc2ccc3c(c2)OCO3)cc1. The van der Waals surface area contributed by atoms with E-state index in [1.165, 1.54) is 19.1 Å². The lowest BCUT2D eigenvalue weighted by Gasteiger charge is -2.15. The fourth-order valence-corrected chi connectivity index (χ4v) is 3.83. The Balaban J connectivity index is 1.56. The first kappa shape index (κ1) is 20.0. The van der Waals surface area contributed by atoms with Crippen LogP contribution in [0.3, 0.4) is 0 Å². The Morgan fingerprint density at radius 1 is 1.14 bits per heavy atom. The molecule has 1 amide bonds. The highest BCUT2D eigenvalue weighted by molar-refractivity contribution is 7.89. The molecular formula is C19H22N2O6S. The van der Waals surface area contributed by atoms with Gasteiger partial charge in [-0.05, 0) is 55.8 Å². The summed E-state index contributed by atoms with van der Waals surface area (Å²) < 4.78 is 43.1. The van der Waals surface area contributed by atoms with Gasteiger partial charge in [-0.1, -0.05) is 6.07 Å². The zero-order valence-corrected chi connectivity index (χ0v) is 16.4. The van der Waals surface area contributed by atoms with Gasteiger partial charge >= 0.3 is 0 Å². The van der Waals surface area contributed by atoms with Crippen molar-refractivity contribution < 1.29 is 27.4 Å². The van der Waals surface area contributed by atoms with Crippen molar-refractivity contribution in [3.05, 3.63) is 48.0 Å². The summed E-state index contributed by atoms with van der Waals surface area (Å²) in [5.74, 6) is 1.42. The molecule has 0 bridgehead atoms. The molecule has 2 aromatic carbocycles. The monoisotopic (exact) mass is 406 g/mol. The fourth-order valence-electron chi connectivity index (χ4n) is 2.63. The standard InChI is InChI=1S/C19H22N2O6S/c1-3-25-15-5-7-16(8-6-15)28(23,24)21-13(2)19(22)20-11-14-4-9-17-18(10-14)27-12-26-17/h4-10,13,21H,3,11-12H2,1-2H3,(H,20,22)/t13-/m0/s1. The van der Waals surface area contributed by atoms with E-state index in [2.05, 4.69) is 10.0 Å². The second kappa shape index (κ2) is 8.49. The molecule has 8 nitrogen and oxygen atoms in total. The predicted octanol–water partition coefficient (Wildman–Crippen LogP) is 1.80. The quantitative estimate of drug-likeness (QED) is 0.693.